The van der Waals surface area contributed by atoms with E-state index in [4.69, 9.17) is 0 Å². The zero-order valence-corrected chi connectivity index (χ0v) is 15.8. The SMILES string of the molecule is Cn1cnc2c1c(=O)n(CC(=O)N1CC=C(c3ccccc3)CC1)c(=O)n2C. The van der Waals surface area contributed by atoms with Crippen LogP contribution in [0.25, 0.3) is 16.7 Å². The van der Waals surface area contributed by atoms with Gasteiger partial charge in [-0.05, 0) is 17.6 Å². The van der Waals surface area contributed by atoms with Gasteiger partial charge in [-0.3, -0.25) is 14.2 Å². The van der Waals surface area contributed by atoms with Gasteiger partial charge < -0.3 is 9.47 Å². The second-order valence-corrected chi connectivity index (χ2v) is 6.95. The molecule has 4 rings (SSSR count). The van der Waals surface area contributed by atoms with Gasteiger partial charge in [0.05, 0.1) is 6.33 Å². The number of rotatable bonds is 3. The number of hydrogen-bond acceptors (Lipinski definition) is 4. The molecule has 1 aliphatic heterocycles. The number of nitrogens with zero attached hydrogens (tertiary/aromatic N) is 5. The van der Waals surface area contributed by atoms with E-state index in [0.29, 0.717) is 24.3 Å². The van der Waals surface area contributed by atoms with Crippen LogP contribution in [0.1, 0.15) is 12.0 Å². The summed E-state index contributed by atoms with van der Waals surface area (Å²) in [5, 5.41) is 0. The van der Waals surface area contributed by atoms with Crippen LogP contribution in [-0.4, -0.2) is 42.6 Å². The van der Waals surface area contributed by atoms with Gasteiger partial charge in [-0.2, -0.15) is 0 Å². The maximum Gasteiger partial charge on any atom is 0.332 e. The molecule has 28 heavy (non-hydrogen) atoms. The van der Waals surface area contributed by atoms with Gasteiger partial charge in [0.25, 0.3) is 5.56 Å². The van der Waals surface area contributed by atoms with Crippen molar-refractivity contribution in [2.75, 3.05) is 13.1 Å². The van der Waals surface area contributed by atoms with E-state index in [9.17, 15) is 14.4 Å². The van der Waals surface area contributed by atoms with Crippen LogP contribution in [0.4, 0.5) is 0 Å². The predicted molar refractivity (Wildman–Crippen MR) is 106 cm³/mol. The molecule has 144 valence electrons. The third-order valence-electron chi connectivity index (χ3n) is 5.20. The van der Waals surface area contributed by atoms with Crippen molar-refractivity contribution in [1.29, 1.82) is 0 Å². The molecule has 0 unspecified atom stereocenters. The minimum Gasteiger partial charge on any atom is -0.337 e. The Kier molecular flexibility index (Phi) is 4.46. The molecular formula is C20H21N5O3. The van der Waals surface area contributed by atoms with Crippen molar-refractivity contribution >= 4 is 22.6 Å². The number of carbonyl (C=O) groups is 1. The van der Waals surface area contributed by atoms with Crippen LogP contribution >= 0.6 is 0 Å². The van der Waals surface area contributed by atoms with Gasteiger partial charge in [-0.15, -0.1) is 0 Å². The fourth-order valence-corrected chi connectivity index (χ4v) is 3.58. The first-order valence-electron chi connectivity index (χ1n) is 9.10. The summed E-state index contributed by atoms with van der Waals surface area (Å²) >= 11 is 0. The Bertz CT molecular complexity index is 1200. The Morgan fingerprint density at radius 3 is 2.57 bits per heavy atom. The molecule has 0 bridgehead atoms. The second kappa shape index (κ2) is 6.95. The standard InChI is InChI=1S/C20H21N5O3/c1-22-13-21-18-17(22)19(27)25(20(28)23(18)2)12-16(26)24-10-8-15(9-11-24)14-6-4-3-5-7-14/h3-8,13H,9-12H2,1-2H3. The zero-order valence-electron chi connectivity index (χ0n) is 15.8. The topological polar surface area (TPSA) is 82.1 Å². The van der Waals surface area contributed by atoms with Gasteiger partial charge in [-0.25, -0.2) is 14.3 Å². The maximum absolute atomic E-state index is 12.8. The van der Waals surface area contributed by atoms with Crippen LogP contribution < -0.4 is 11.2 Å². The monoisotopic (exact) mass is 379 g/mol. The van der Waals surface area contributed by atoms with Crippen LogP contribution in [-0.2, 0) is 25.4 Å². The van der Waals surface area contributed by atoms with Gasteiger partial charge in [0, 0.05) is 27.2 Å². The lowest BCUT2D eigenvalue weighted by atomic mass is 9.99. The lowest BCUT2D eigenvalue weighted by molar-refractivity contribution is -0.131. The number of aryl methyl sites for hydroxylation is 2. The molecule has 1 aliphatic rings. The van der Waals surface area contributed by atoms with Gasteiger partial charge in [-0.1, -0.05) is 36.4 Å². The van der Waals surface area contributed by atoms with Crippen molar-refractivity contribution in [3.05, 3.63) is 69.1 Å². The third kappa shape index (κ3) is 2.96. The van der Waals surface area contributed by atoms with E-state index in [1.807, 2.05) is 24.3 Å². The summed E-state index contributed by atoms with van der Waals surface area (Å²) < 4.78 is 3.85. The summed E-state index contributed by atoms with van der Waals surface area (Å²) in [4.78, 5) is 43.8. The first-order valence-corrected chi connectivity index (χ1v) is 9.10. The van der Waals surface area contributed by atoms with Crippen LogP contribution in [0, 0.1) is 0 Å². The molecule has 8 nitrogen and oxygen atoms in total. The highest BCUT2D eigenvalue weighted by molar-refractivity contribution is 5.78. The van der Waals surface area contributed by atoms with Gasteiger partial charge >= 0.3 is 5.69 Å². The van der Waals surface area contributed by atoms with Crippen molar-refractivity contribution in [2.24, 2.45) is 14.1 Å². The Labute approximate surface area is 161 Å². The van der Waals surface area contributed by atoms with Crippen molar-refractivity contribution < 1.29 is 4.79 Å². The predicted octanol–water partition coefficient (Wildman–Crippen LogP) is 0.750. The van der Waals surface area contributed by atoms with Gasteiger partial charge in [0.1, 0.15) is 6.54 Å². The summed E-state index contributed by atoms with van der Waals surface area (Å²) in [7, 11) is 3.24. The largest absolute Gasteiger partial charge is 0.337 e. The van der Waals surface area contributed by atoms with Crippen molar-refractivity contribution in [3.63, 3.8) is 0 Å². The van der Waals surface area contributed by atoms with Crippen molar-refractivity contribution in [2.45, 2.75) is 13.0 Å². The van der Waals surface area contributed by atoms with E-state index in [1.54, 1.807) is 23.6 Å². The van der Waals surface area contributed by atoms with Crippen LogP contribution in [0.3, 0.4) is 0 Å². The molecule has 0 spiro atoms. The number of carbonyl (C=O) groups excluding carboxylic acids is 1. The van der Waals surface area contributed by atoms with E-state index in [0.717, 1.165) is 16.6 Å². The summed E-state index contributed by atoms with van der Waals surface area (Å²) in [6, 6.07) is 10.1. The first kappa shape index (κ1) is 18.0. The molecule has 1 aromatic carbocycles. The van der Waals surface area contributed by atoms with E-state index in [1.165, 1.54) is 16.5 Å². The maximum atomic E-state index is 12.8. The average molecular weight is 379 g/mol. The molecule has 0 N–H and O–H groups in total. The van der Waals surface area contributed by atoms with E-state index in [2.05, 4.69) is 17.1 Å². The highest BCUT2D eigenvalue weighted by Gasteiger charge is 2.22. The highest BCUT2D eigenvalue weighted by Crippen LogP contribution is 2.22. The molecule has 0 saturated carbocycles. The Hall–Kier alpha value is -3.42. The van der Waals surface area contributed by atoms with E-state index in [-0.39, 0.29) is 12.5 Å². The molecule has 0 atom stereocenters. The highest BCUT2D eigenvalue weighted by atomic mass is 16.2. The number of amides is 1. The average Bonchev–Trinajstić information content (AvgIpc) is 3.12. The summed E-state index contributed by atoms with van der Waals surface area (Å²) in [5.74, 6) is -0.246. The number of imidazole rings is 1. The molecule has 3 heterocycles. The molecule has 8 heteroatoms. The second-order valence-electron chi connectivity index (χ2n) is 6.95. The van der Waals surface area contributed by atoms with Crippen molar-refractivity contribution in [3.8, 4) is 0 Å². The molecule has 0 aliphatic carbocycles. The molecule has 2 aromatic heterocycles. The minimum atomic E-state index is -0.540. The smallest absolute Gasteiger partial charge is 0.332 e. The lowest BCUT2D eigenvalue weighted by Gasteiger charge is -2.27. The molecule has 3 aromatic rings. The summed E-state index contributed by atoms with van der Waals surface area (Å²) in [5.41, 5.74) is 1.94. The Morgan fingerprint density at radius 2 is 1.89 bits per heavy atom. The first-order chi connectivity index (χ1) is 13.5. The van der Waals surface area contributed by atoms with Crippen LogP contribution in [0.5, 0.6) is 0 Å². The fourth-order valence-electron chi connectivity index (χ4n) is 3.58. The molecular weight excluding hydrogens is 358 g/mol. The number of fused-ring (bicyclic) bond motifs is 1. The van der Waals surface area contributed by atoms with Crippen LogP contribution in [0.15, 0.2) is 52.3 Å². The summed E-state index contributed by atoms with van der Waals surface area (Å²) in [6.45, 7) is 0.746. The fraction of sp³-hybridized carbons (Fsp3) is 0.300. The normalized spacial score (nSPS) is 14.4. The number of aromatic nitrogens is 4. The van der Waals surface area contributed by atoms with E-state index < -0.39 is 11.2 Å². The quantitative estimate of drug-likeness (QED) is 0.672. The summed E-state index contributed by atoms with van der Waals surface area (Å²) in [6.07, 6.45) is 4.25. The van der Waals surface area contributed by atoms with Gasteiger partial charge in [0.15, 0.2) is 11.2 Å². The van der Waals surface area contributed by atoms with E-state index >= 15 is 0 Å². The van der Waals surface area contributed by atoms with Crippen molar-refractivity contribution in [1.82, 2.24) is 23.6 Å². The Morgan fingerprint density at radius 1 is 1.14 bits per heavy atom. The molecule has 0 radical (unpaired) electrons. The third-order valence-corrected chi connectivity index (χ3v) is 5.20. The minimum absolute atomic E-state index is 0.246. The van der Waals surface area contributed by atoms with Crippen LogP contribution in [0.2, 0.25) is 0 Å². The zero-order chi connectivity index (χ0) is 19.8. The van der Waals surface area contributed by atoms with Gasteiger partial charge in [0.2, 0.25) is 5.91 Å². The lowest BCUT2D eigenvalue weighted by Crippen LogP contribution is -2.45. The Balaban J connectivity index is 1.58. The number of benzene rings is 1. The molecule has 0 fully saturated rings. The molecule has 1 amide bonds. The molecule has 0 saturated heterocycles. The number of hydrogen-bond donors (Lipinski definition) is 0.